The number of rotatable bonds is 3. The van der Waals surface area contributed by atoms with Crippen molar-refractivity contribution in [1.82, 2.24) is 20.0 Å². The third-order valence-corrected chi connectivity index (χ3v) is 5.75. The number of aromatic amines is 1. The summed E-state index contributed by atoms with van der Waals surface area (Å²) in [4.78, 5) is 27.6. The Kier molecular flexibility index (Phi) is 3.91. The molecule has 7 nitrogen and oxygen atoms in total. The van der Waals surface area contributed by atoms with E-state index < -0.39 is 17.4 Å². The predicted molar refractivity (Wildman–Crippen MR) is 83.8 cm³/mol. The number of carboxylic acid groups (broad SMARTS) is 1. The molecule has 1 spiro atoms. The summed E-state index contributed by atoms with van der Waals surface area (Å²) >= 11 is 0. The number of hydrogen-bond acceptors (Lipinski definition) is 4. The van der Waals surface area contributed by atoms with Crippen LogP contribution in [-0.2, 0) is 16.1 Å². The minimum atomic E-state index is -0.849. The van der Waals surface area contributed by atoms with E-state index in [-0.39, 0.29) is 12.3 Å². The average Bonchev–Trinajstić information content (AvgIpc) is 2.95. The van der Waals surface area contributed by atoms with Crippen LogP contribution in [0, 0.1) is 19.8 Å². The lowest BCUT2D eigenvalue weighted by atomic mass is 9.77. The van der Waals surface area contributed by atoms with E-state index in [0.29, 0.717) is 12.8 Å². The zero-order valence-corrected chi connectivity index (χ0v) is 13.9. The van der Waals surface area contributed by atoms with Crippen molar-refractivity contribution in [3.8, 4) is 0 Å². The number of aryl methyl sites for hydroxylation is 2. The van der Waals surface area contributed by atoms with Crippen molar-refractivity contribution in [2.24, 2.45) is 5.92 Å². The van der Waals surface area contributed by atoms with Crippen molar-refractivity contribution < 1.29 is 14.7 Å². The van der Waals surface area contributed by atoms with Crippen molar-refractivity contribution in [1.29, 1.82) is 0 Å². The lowest BCUT2D eigenvalue weighted by Gasteiger charge is -2.45. The molecule has 1 aromatic heterocycles. The number of nitrogens with one attached hydrogen (secondary N) is 1. The summed E-state index contributed by atoms with van der Waals surface area (Å²) in [7, 11) is 1.76. The van der Waals surface area contributed by atoms with Crippen molar-refractivity contribution in [2.45, 2.75) is 45.2 Å². The highest BCUT2D eigenvalue weighted by atomic mass is 16.4. The van der Waals surface area contributed by atoms with Crippen LogP contribution in [0.25, 0.3) is 0 Å². The van der Waals surface area contributed by atoms with Crippen LogP contribution in [0.4, 0.5) is 0 Å². The molecular weight excluding hydrogens is 296 g/mol. The van der Waals surface area contributed by atoms with E-state index in [0.717, 1.165) is 31.0 Å². The summed E-state index contributed by atoms with van der Waals surface area (Å²) in [5, 5.41) is 16.7. The van der Waals surface area contributed by atoms with Crippen LogP contribution < -0.4 is 0 Å². The molecular formula is C16H24N4O3. The molecule has 2 saturated heterocycles. The smallest absolute Gasteiger partial charge is 0.309 e. The largest absolute Gasteiger partial charge is 0.481 e. The van der Waals surface area contributed by atoms with Gasteiger partial charge in [-0.2, -0.15) is 5.10 Å². The fourth-order valence-corrected chi connectivity index (χ4v) is 4.11. The first kappa shape index (κ1) is 16.0. The summed E-state index contributed by atoms with van der Waals surface area (Å²) in [6.45, 7) is 6.43. The second-order valence-corrected chi connectivity index (χ2v) is 6.84. The summed E-state index contributed by atoms with van der Waals surface area (Å²) in [6, 6.07) is 0. The van der Waals surface area contributed by atoms with Gasteiger partial charge in [0, 0.05) is 44.4 Å². The first-order valence-corrected chi connectivity index (χ1v) is 8.07. The van der Waals surface area contributed by atoms with Gasteiger partial charge < -0.3 is 10.0 Å². The molecule has 1 amide bonds. The predicted octanol–water partition coefficient (Wildman–Crippen LogP) is 0.924. The highest BCUT2D eigenvalue weighted by Gasteiger charge is 2.55. The molecule has 3 rings (SSSR count). The molecule has 2 fully saturated rings. The van der Waals surface area contributed by atoms with Gasteiger partial charge in [-0.1, -0.05) is 0 Å². The Morgan fingerprint density at radius 2 is 2.04 bits per heavy atom. The summed E-state index contributed by atoms with van der Waals surface area (Å²) in [6.07, 6.45) is 1.55. The maximum atomic E-state index is 12.0. The van der Waals surface area contributed by atoms with Gasteiger partial charge in [0.2, 0.25) is 5.91 Å². The van der Waals surface area contributed by atoms with Crippen LogP contribution in [0.5, 0.6) is 0 Å². The number of piperidine rings is 1. The van der Waals surface area contributed by atoms with Gasteiger partial charge in [0.1, 0.15) is 0 Å². The Bertz CT molecular complexity index is 612. The van der Waals surface area contributed by atoms with Crippen molar-refractivity contribution in [3.63, 3.8) is 0 Å². The van der Waals surface area contributed by atoms with Gasteiger partial charge in [0.15, 0.2) is 0 Å². The maximum absolute atomic E-state index is 12.0. The molecule has 2 aliphatic heterocycles. The summed E-state index contributed by atoms with van der Waals surface area (Å²) in [5.41, 5.74) is 2.80. The minimum absolute atomic E-state index is 0.0487. The van der Waals surface area contributed by atoms with Gasteiger partial charge in [-0.05, 0) is 26.7 Å². The molecule has 126 valence electrons. The van der Waals surface area contributed by atoms with Gasteiger partial charge in [-0.3, -0.25) is 19.6 Å². The van der Waals surface area contributed by atoms with Gasteiger partial charge in [-0.25, -0.2) is 0 Å². The first-order chi connectivity index (χ1) is 10.8. The highest BCUT2D eigenvalue weighted by Crippen LogP contribution is 2.43. The molecule has 0 saturated carbocycles. The molecule has 3 heterocycles. The average molecular weight is 320 g/mol. The lowest BCUT2D eigenvalue weighted by Crippen LogP contribution is -2.55. The number of aromatic nitrogens is 2. The molecule has 2 aliphatic rings. The number of aliphatic carboxylic acids is 1. The van der Waals surface area contributed by atoms with E-state index in [9.17, 15) is 14.7 Å². The number of nitrogens with zero attached hydrogens (tertiary/aromatic N) is 3. The number of hydrogen-bond donors (Lipinski definition) is 2. The van der Waals surface area contributed by atoms with Crippen LogP contribution in [0.3, 0.4) is 0 Å². The molecule has 7 heteroatoms. The Morgan fingerprint density at radius 1 is 1.39 bits per heavy atom. The topological polar surface area (TPSA) is 89.5 Å². The van der Waals surface area contributed by atoms with Gasteiger partial charge in [0.05, 0.1) is 17.2 Å². The second-order valence-electron chi connectivity index (χ2n) is 6.84. The van der Waals surface area contributed by atoms with E-state index in [1.165, 1.54) is 5.56 Å². The number of carbonyl (C=O) groups excluding carboxylic acids is 1. The highest BCUT2D eigenvalue weighted by molar-refractivity contribution is 5.88. The van der Waals surface area contributed by atoms with Crippen molar-refractivity contribution in [2.75, 3.05) is 20.1 Å². The quantitative estimate of drug-likeness (QED) is 0.864. The molecule has 0 radical (unpaired) electrons. The van der Waals surface area contributed by atoms with Gasteiger partial charge in [0.25, 0.3) is 0 Å². The molecule has 0 bridgehead atoms. The van der Waals surface area contributed by atoms with Crippen LogP contribution in [0.2, 0.25) is 0 Å². The first-order valence-electron chi connectivity index (χ1n) is 8.07. The summed E-state index contributed by atoms with van der Waals surface area (Å²) < 4.78 is 0. The zero-order chi connectivity index (χ0) is 16.8. The number of amides is 1. The standard InChI is InChI=1S/C16H24N4O3/c1-10-12(11(2)18-17-10)9-20-6-4-16(5-7-20)13(15(22)23)8-14(21)19(16)3/h13H,4-9H2,1-3H3,(H,17,18)(H,22,23)/t13-/m0/s1. The Hall–Kier alpha value is -1.89. The van der Waals surface area contributed by atoms with E-state index >= 15 is 0 Å². The number of carboxylic acids is 1. The molecule has 1 atom stereocenters. The summed E-state index contributed by atoms with van der Waals surface area (Å²) in [5.74, 6) is -1.48. The maximum Gasteiger partial charge on any atom is 0.309 e. The lowest BCUT2D eigenvalue weighted by molar-refractivity contribution is -0.146. The van der Waals surface area contributed by atoms with Crippen molar-refractivity contribution in [3.05, 3.63) is 17.0 Å². The second kappa shape index (κ2) is 5.63. The Balaban J connectivity index is 1.72. The molecule has 0 aliphatic carbocycles. The fourth-order valence-electron chi connectivity index (χ4n) is 4.11. The van der Waals surface area contributed by atoms with Gasteiger partial charge in [-0.15, -0.1) is 0 Å². The Labute approximate surface area is 135 Å². The third-order valence-electron chi connectivity index (χ3n) is 5.75. The van der Waals surface area contributed by atoms with Crippen LogP contribution in [-0.4, -0.2) is 62.7 Å². The van der Waals surface area contributed by atoms with Crippen molar-refractivity contribution >= 4 is 11.9 Å². The SMILES string of the molecule is Cc1n[nH]c(C)c1CN1CCC2(CC1)[C@H](C(=O)O)CC(=O)N2C. The number of carbonyl (C=O) groups is 2. The van der Waals surface area contributed by atoms with Gasteiger partial charge >= 0.3 is 5.97 Å². The van der Waals surface area contributed by atoms with Crippen LogP contribution >= 0.6 is 0 Å². The monoisotopic (exact) mass is 320 g/mol. The third kappa shape index (κ3) is 2.52. The fraction of sp³-hybridized carbons (Fsp3) is 0.688. The normalized spacial score (nSPS) is 24.6. The molecule has 0 aromatic carbocycles. The molecule has 0 unspecified atom stereocenters. The number of likely N-dealkylation sites (tertiary alicyclic amines) is 2. The van der Waals surface area contributed by atoms with Crippen LogP contribution in [0.15, 0.2) is 0 Å². The van der Waals surface area contributed by atoms with E-state index in [4.69, 9.17) is 0 Å². The van der Waals surface area contributed by atoms with E-state index in [1.54, 1.807) is 11.9 Å². The Morgan fingerprint density at radius 3 is 2.57 bits per heavy atom. The number of H-pyrrole nitrogens is 1. The zero-order valence-electron chi connectivity index (χ0n) is 13.9. The molecule has 1 aromatic rings. The van der Waals surface area contributed by atoms with E-state index in [1.807, 2.05) is 13.8 Å². The minimum Gasteiger partial charge on any atom is -0.481 e. The van der Waals surface area contributed by atoms with Crippen LogP contribution in [0.1, 0.15) is 36.2 Å². The molecule has 2 N–H and O–H groups in total. The molecule has 23 heavy (non-hydrogen) atoms. The van der Waals surface area contributed by atoms with E-state index in [2.05, 4.69) is 15.1 Å².